The molecule has 2 nitrogen and oxygen atoms in total. The van der Waals surface area contributed by atoms with Crippen molar-refractivity contribution in [3.63, 3.8) is 0 Å². The minimum atomic E-state index is 0.707. The molecule has 0 spiro atoms. The first-order valence-electron chi connectivity index (χ1n) is 5.14. The van der Waals surface area contributed by atoms with Crippen LogP contribution in [0, 0.1) is 0 Å². The normalized spacial score (nSPS) is 15.5. The van der Waals surface area contributed by atoms with Gasteiger partial charge in [0.1, 0.15) is 0 Å². The van der Waals surface area contributed by atoms with Crippen LogP contribution in [0.5, 0.6) is 0 Å². The maximum Gasteiger partial charge on any atom is 0.0659 e. The molecule has 15 heavy (non-hydrogen) atoms. The van der Waals surface area contributed by atoms with Crippen molar-refractivity contribution in [3.05, 3.63) is 47.2 Å². The van der Waals surface area contributed by atoms with Gasteiger partial charge in [-0.25, -0.2) is 4.68 Å². The first kappa shape index (κ1) is 8.98. The Morgan fingerprint density at radius 3 is 2.53 bits per heavy atom. The molecule has 1 aliphatic rings. The average molecular weight is 219 g/mol. The number of aromatic nitrogens is 2. The van der Waals surface area contributed by atoms with E-state index in [1.807, 2.05) is 35.1 Å². The van der Waals surface area contributed by atoms with Crippen LogP contribution in [0.1, 0.15) is 24.5 Å². The Morgan fingerprint density at radius 1 is 1.13 bits per heavy atom. The molecular weight excluding hydrogens is 208 g/mol. The van der Waals surface area contributed by atoms with Crippen molar-refractivity contribution < 1.29 is 0 Å². The monoisotopic (exact) mass is 218 g/mol. The van der Waals surface area contributed by atoms with Gasteiger partial charge >= 0.3 is 0 Å². The second-order valence-corrected chi connectivity index (χ2v) is 4.37. The fourth-order valence-corrected chi connectivity index (χ4v) is 1.80. The highest BCUT2D eigenvalue weighted by Crippen LogP contribution is 2.39. The predicted octanol–water partition coefficient (Wildman–Crippen LogP) is 3.40. The summed E-state index contributed by atoms with van der Waals surface area (Å²) in [4.78, 5) is 0. The van der Waals surface area contributed by atoms with Crippen molar-refractivity contribution in [3.8, 4) is 5.69 Å². The van der Waals surface area contributed by atoms with E-state index >= 15 is 0 Å². The minimum Gasteiger partial charge on any atom is -0.241 e. The number of hydrogen-bond donors (Lipinski definition) is 0. The average Bonchev–Trinajstić information content (AvgIpc) is 2.99. The maximum atomic E-state index is 5.84. The molecule has 0 unspecified atom stereocenters. The first-order chi connectivity index (χ1) is 7.33. The molecule has 1 saturated carbocycles. The zero-order valence-corrected chi connectivity index (χ0v) is 8.98. The SMILES string of the molecule is Clc1ccc(-n2ccc(C3CC3)n2)cc1. The van der Waals surface area contributed by atoms with Gasteiger partial charge in [0.15, 0.2) is 0 Å². The number of halogens is 1. The molecule has 1 aromatic heterocycles. The topological polar surface area (TPSA) is 17.8 Å². The third kappa shape index (κ3) is 1.77. The molecule has 0 N–H and O–H groups in total. The Kier molecular flexibility index (Phi) is 2.03. The Hall–Kier alpha value is -1.28. The predicted molar refractivity (Wildman–Crippen MR) is 60.5 cm³/mol. The molecule has 1 aliphatic carbocycles. The lowest BCUT2D eigenvalue weighted by Gasteiger charge is -2.00. The summed E-state index contributed by atoms with van der Waals surface area (Å²) in [7, 11) is 0. The molecule has 0 amide bonds. The second-order valence-electron chi connectivity index (χ2n) is 3.94. The largest absolute Gasteiger partial charge is 0.241 e. The first-order valence-corrected chi connectivity index (χ1v) is 5.52. The Balaban J connectivity index is 1.93. The Morgan fingerprint density at radius 2 is 1.87 bits per heavy atom. The zero-order chi connectivity index (χ0) is 10.3. The van der Waals surface area contributed by atoms with Crippen LogP contribution in [-0.4, -0.2) is 9.78 Å². The highest BCUT2D eigenvalue weighted by Gasteiger charge is 2.25. The van der Waals surface area contributed by atoms with Crippen LogP contribution in [0.2, 0.25) is 5.02 Å². The van der Waals surface area contributed by atoms with E-state index in [4.69, 9.17) is 11.6 Å². The van der Waals surface area contributed by atoms with Gasteiger partial charge in [0, 0.05) is 17.1 Å². The Bertz CT molecular complexity index is 469. The smallest absolute Gasteiger partial charge is 0.0659 e. The van der Waals surface area contributed by atoms with E-state index in [0.717, 1.165) is 10.7 Å². The van der Waals surface area contributed by atoms with Crippen molar-refractivity contribution in [1.82, 2.24) is 9.78 Å². The summed E-state index contributed by atoms with van der Waals surface area (Å²) >= 11 is 5.84. The van der Waals surface area contributed by atoms with Crippen LogP contribution in [0.4, 0.5) is 0 Å². The fourth-order valence-electron chi connectivity index (χ4n) is 1.67. The van der Waals surface area contributed by atoms with Crippen molar-refractivity contribution >= 4 is 11.6 Å². The molecule has 1 heterocycles. The van der Waals surface area contributed by atoms with Crippen molar-refractivity contribution in [2.45, 2.75) is 18.8 Å². The second kappa shape index (κ2) is 3.38. The highest BCUT2D eigenvalue weighted by atomic mass is 35.5. The summed E-state index contributed by atoms with van der Waals surface area (Å²) in [5.74, 6) is 0.707. The van der Waals surface area contributed by atoms with Crippen LogP contribution in [-0.2, 0) is 0 Å². The van der Waals surface area contributed by atoms with Gasteiger partial charge in [0.2, 0.25) is 0 Å². The summed E-state index contributed by atoms with van der Waals surface area (Å²) in [5.41, 5.74) is 2.27. The molecule has 2 aromatic rings. The van der Waals surface area contributed by atoms with Gasteiger partial charge in [0.05, 0.1) is 11.4 Å². The molecular formula is C12H11ClN2. The molecule has 0 bridgehead atoms. The summed E-state index contributed by atoms with van der Waals surface area (Å²) in [6, 6.07) is 9.83. The summed E-state index contributed by atoms with van der Waals surface area (Å²) in [6.45, 7) is 0. The van der Waals surface area contributed by atoms with Crippen LogP contribution < -0.4 is 0 Å². The molecule has 1 aromatic carbocycles. The summed E-state index contributed by atoms with van der Waals surface area (Å²) < 4.78 is 1.91. The fraction of sp³-hybridized carbons (Fsp3) is 0.250. The van der Waals surface area contributed by atoms with Crippen molar-refractivity contribution in [1.29, 1.82) is 0 Å². The Labute approximate surface area is 93.5 Å². The molecule has 0 saturated heterocycles. The number of hydrogen-bond acceptors (Lipinski definition) is 1. The lowest BCUT2D eigenvalue weighted by Crippen LogP contribution is -1.94. The number of rotatable bonds is 2. The molecule has 1 fully saturated rings. The lowest BCUT2D eigenvalue weighted by atomic mass is 10.3. The quantitative estimate of drug-likeness (QED) is 0.756. The molecule has 3 heteroatoms. The van der Waals surface area contributed by atoms with E-state index in [1.165, 1.54) is 18.5 Å². The maximum absolute atomic E-state index is 5.84. The van der Waals surface area contributed by atoms with Crippen LogP contribution in [0.15, 0.2) is 36.5 Å². The van der Waals surface area contributed by atoms with Gasteiger partial charge in [-0.05, 0) is 43.2 Å². The number of benzene rings is 1. The van der Waals surface area contributed by atoms with Gasteiger partial charge in [0.25, 0.3) is 0 Å². The van der Waals surface area contributed by atoms with E-state index in [9.17, 15) is 0 Å². The standard InChI is InChI=1S/C12H11ClN2/c13-10-3-5-11(6-4-10)15-8-7-12(14-15)9-1-2-9/h3-9H,1-2H2. The summed E-state index contributed by atoms with van der Waals surface area (Å²) in [5, 5.41) is 5.30. The van der Waals surface area contributed by atoms with Gasteiger partial charge in [-0.2, -0.15) is 5.10 Å². The van der Waals surface area contributed by atoms with Gasteiger partial charge < -0.3 is 0 Å². The minimum absolute atomic E-state index is 0.707. The van der Waals surface area contributed by atoms with Gasteiger partial charge in [-0.1, -0.05) is 11.6 Å². The van der Waals surface area contributed by atoms with E-state index in [2.05, 4.69) is 11.2 Å². The van der Waals surface area contributed by atoms with Crippen LogP contribution in [0.25, 0.3) is 5.69 Å². The molecule has 3 rings (SSSR count). The van der Waals surface area contributed by atoms with Crippen LogP contribution in [0.3, 0.4) is 0 Å². The molecule has 76 valence electrons. The van der Waals surface area contributed by atoms with Crippen LogP contribution >= 0.6 is 11.6 Å². The van der Waals surface area contributed by atoms with E-state index in [1.54, 1.807) is 0 Å². The van der Waals surface area contributed by atoms with Gasteiger partial charge in [-0.15, -0.1) is 0 Å². The lowest BCUT2D eigenvalue weighted by molar-refractivity contribution is 0.837. The van der Waals surface area contributed by atoms with Gasteiger partial charge in [-0.3, -0.25) is 0 Å². The zero-order valence-electron chi connectivity index (χ0n) is 8.23. The molecule has 0 radical (unpaired) electrons. The molecule has 0 aliphatic heterocycles. The third-order valence-corrected chi connectivity index (χ3v) is 2.95. The summed E-state index contributed by atoms with van der Waals surface area (Å²) in [6.07, 6.45) is 4.59. The van der Waals surface area contributed by atoms with E-state index in [0.29, 0.717) is 5.92 Å². The third-order valence-electron chi connectivity index (χ3n) is 2.70. The van der Waals surface area contributed by atoms with Crippen molar-refractivity contribution in [2.75, 3.05) is 0 Å². The molecule has 0 atom stereocenters. The van der Waals surface area contributed by atoms with E-state index < -0.39 is 0 Å². The van der Waals surface area contributed by atoms with E-state index in [-0.39, 0.29) is 0 Å². The van der Waals surface area contributed by atoms with Crippen molar-refractivity contribution in [2.24, 2.45) is 0 Å². The number of nitrogens with zero attached hydrogens (tertiary/aromatic N) is 2. The highest BCUT2D eigenvalue weighted by molar-refractivity contribution is 6.30.